The van der Waals surface area contributed by atoms with Crippen molar-refractivity contribution in [2.75, 3.05) is 31.0 Å². The van der Waals surface area contributed by atoms with Gasteiger partial charge in [0.2, 0.25) is 5.91 Å². The van der Waals surface area contributed by atoms with E-state index in [1.165, 1.54) is 16.2 Å². The Morgan fingerprint density at radius 1 is 1.24 bits per heavy atom. The van der Waals surface area contributed by atoms with Crippen LogP contribution in [-0.4, -0.2) is 70.2 Å². The number of anilines is 2. The topological polar surface area (TPSA) is 169 Å². The van der Waals surface area contributed by atoms with Crippen LogP contribution in [0.4, 0.5) is 16.2 Å². The molecule has 0 radical (unpaired) electrons. The van der Waals surface area contributed by atoms with E-state index in [-0.39, 0.29) is 31.8 Å². The zero-order valence-corrected chi connectivity index (χ0v) is 22.7. The molecule has 2 aliphatic rings. The van der Waals surface area contributed by atoms with Crippen molar-refractivity contribution in [1.82, 2.24) is 15.1 Å². The van der Waals surface area contributed by atoms with Crippen molar-refractivity contribution in [2.45, 2.75) is 38.9 Å². The summed E-state index contributed by atoms with van der Waals surface area (Å²) in [6.07, 6.45) is 0.0353. The molecule has 1 aromatic heterocycles. The first-order valence-electron chi connectivity index (χ1n) is 11.6. The van der Waals surface area contributed by atoms with E-state index in [9.17, 15) is 23.7 Å². The number of aryl methyl sites for hydroxylation is 1. The number of likely N-dealkylation sites (tertiary alicyclic amines) is 1. The molecule has 1 fully saturated rings. The van der Waals surface area contributed by atoms with Crippen molar-refractivity contribution in [2.24, 2.45) is 0 Å². The summed E-state index contributed by atoms with van der Waals surface area (Å²) in [4.78, 5) is 73.4. The Balaban J connectivity index is 1.35. The monoisotopic (exact) mass is 565 g/mol. The lowest BCUT2D eigenvalue weighted by molar-refractivity contribution is -0.156. The Hall–Kier alpha value is -3.29. The number of carbonyl (C=O) groups is 4. The van der Waals surface area contributed by atoms with Crippen LogP contribution >= 0.6 is 19.2 Å². The van der Waals surface area contributed by atoms with Crippen LogP contribution in [0, 0.1) is 6.92 Å². The highest BCUT2D eigenvalue weighted by molar-refractivity contribution is 7.46. The van der Waals surface area contributed by atoms with Gasteiger partial charge in [-0.25, -0.2) is 9.36 Å². The van der Waals surface area contributed by atoms with Gasteiger partial charge in [-0.1, -0.05) is 6.07 Å². The minimum atomic E-state index is -4.89. The largest absolute Gasteiger partial charge is 0.471 e. The molecule has 38 heavy (non-hydrogen) atoms. The number of amides is 5. The van der Waals surface area contributed by atoms with Crippen LogP contribution in [0.3, 0.4) is 0 Å². The van der Waals surface area contributed by atoms with Crippen LogP contribution in [0.2, 0.25) is 0 Å². The molecular weight excluding hydrogens is 537 g/mol. The lowest BCUT2D eigenvalue weighted by Gasteiger charge is -2.35. The standard InChI is InChI=1S/C23H28N5O8PS/c1-13-4-5-15(9-18(13)26(2)3)25-23(32)24-10-16-8-14-11-27(22(31)20(14)38-16)17-6-7-19(29)28(21(17)30)12-36-37(33,34)35/h4-5,8-9,17H,6-7,10-12H2,1-3H3,(H2,24,25,32)(H2,33,34,35). The summed E-state index contributed by atoms with van der Waals surface area (Å²) in [5.74, 6) is -1.75. The number of piperidine rings is 1. The average Bonchev–Trinajstić information content (AvgIpc) is 3.36. The van der Waals surface area contributed by atoms with Gasteiger partial charge in [-0.15, -0.1) is 11.3 Å². The number of imide groups is 1. The second kappa shape index (κ2) is 10.8. The van der Waals surface area contributed by atoms with Gasteiger partial charge in [-0.05, 0) is 42.7 Å². The number of carbonyl (C=O) groups excluding carboxylic acids is 4. The molecule has 2 aliphatic heterocycles. The summed E-state index contributed by atoms with van der Waals surface area (Å²) in [7, 11) is -1.05. The molecule has 3 heterocycles. The highest BCUT2D eigenvalue weighted by Gasteiger charge is 2.44. The predicted molar refractivity (Wildman–Crippen MR) is 138 cm³/mol. The van der Waals surface area contributed by atoms with Crippen molar-refractivity contribution in [3.8, 4) is 0 Å². The van der Waals surface area contributed by atoms with Gasteiger partial charge in [-0.3, -0.25) is 23.8 Å². The number of benzene rings is 1. The predicted octanol–water partition coefficient (Wildman–Crippen LogP) is 1.98. The summed E-state index contributed by atoms with van der Waals surface area (Å²) in [5.41, 5.74) is 3.41. The first kappa shape index (κ1) is 27.7. The van der Waals surface area contributed by atoms with E-state index in [4.69, 9.17) is 9.79 Å². The first-order chi connectivity index (χ1) is 17.8. The maximum Gasteiger partial charge on any atom is 0.471 e. The third-order valence-electron chi connectivity index (χ3n) is 6.24. The molecule has 1 unspecified atom stereocenters. The van der Waals surface area contributed by atoms with Crippen molar-refractivity contribution < 1.29 is 38.1 Å². The number of hydrogen-bond acceptors (Lipinski definition) is 8. The molecule has 4 rings (SSSR count). The summed E-state index contributed by atoms with van der Waals surface area (Å²) in [6.45, 7) is 1.44. The molecule has 2 aromatic rings. The number of urea groups is 1. The van der Waals surface area contributed by atoms with Gasteiger partial charge in [0.25, 0.3) is 11.8 Å². The molecule has 13 nitrogen and oxygen atoms in total. The zero-order chi connectivity index (χ0) is 27.8. The van der Waals surface area contributed by atoms with E-state index in [0.717, 1.165) is 16.1 Å². The molecule has 1 saturated heterocycles. The zero-order valence-electron chi connectivity index (χ0n) is 21.0. The second-order valence-corrected chi connectivity index (χ2v) is 11.5. The Morgan fingerprint density at radius 2 is 1.97 bits per heavy atom. The van der Waals surface area contributed by atoms with E-state index in [1.807, 2.05) is 44.1 Å². The SMILES string of the molecule is Cc1ccc(NC(=O)NCc2cc3c(s2)C(=O)N(C2CCC(=O)N(COP(=O)(O)O)C2=O)C3)cc1N(C)C. The summed E-state index contributed by atoms with van der Waals surface area (Å²) in [5, 5.41) is 5.58. The van der Waals surface area contributed by atoms with Crippen molar-refractivity contribution in [3.05, 3.63) is 45.1 Å². The van der Waals surface area contributed by atoms with Crippen LogP contribution in [0.5, 0.6) is 0 Å². The van der Waals surface area contributed by atoms with Crippen molar-refractivity contribution in [1.29, 1.82) is 0 Å². The number of hydrogen-bond donors (Lipinski definition) is 4. The molecule has 1 aromatic carbocycles. The van der Waals surface area contributed by atoms with E-state index in [0.29, 0.717) is 21.0 Å². The van der Waals surface area contributed by atoms with Gasteiger partial charge in [0.1, 0.15) is 12.8 Å². The van der Waals surface area contributed by atoms with E-state index in [1.54, 1.807) is 6.07 Å². The van der Waals surface area contributed by atoms with Gasteiger partial charge in [-0.2, -0.15) is 0 Å². The second-order valence-electron chi connectivity index (χ2n) is 9.17. The summed E-state index contributed by atoms with van der Waals surface area (Å²) >= 11 is 1.21. The average molecular weight is 566 g/mol. The number of thiophene rings is 1. The number of nitrogens with zero attached hydrogens (tertiary/aromatic N) is 3. The highest BCUT2D eigenvalue weighted by atomic mass is 32.1. The molecule has 0 saturated carbocycles. The maximum atomic E-state index is 13.1. The van der Waals surface area contributed by atoms with Crippen LogP contribution in [0.1, 0.15) is 38.5 Å². The lowest BCUT2D eigenvalue weighted by atomic mass is 10.0. The third kappa shape index (κ3) is 6.05. The lowest BCUT2D eigenvalue weighted by Crippen LogP contribution is -2.55. The summed E-state index contributed by atoms with van der Waals surface area (Å²) < 4.78 is 15.3. The number of rotatable bonds is 8. The fourth-order valence-corrected chi connectivity index (χ4v) is 5.73. The molecule has 0 aliphatic carbocycles. The Bertz CT molecular complexity index is 1340. The fourth-order valence-electron chi connectivity index (χ4n) is 4.40. The van der Waals surface area contributed by atoms with Gasteiger partial charge in [0.05, 0.1) is 11.4 Å². The number of phosphoric acid groups is 1. The van der Waals surface area contributed by atoms with Crippen LogP contribution < -0.4 is 15.5 Å². The minimum Gasteiger partial charge on any atom is -0.377 e. The van der Waals surface area contributed by atoms with Gasteiger partial charge in [0, 0.05) is 43.3 Å². The maximum absolute atomic E-state index is 13.1. The molecule has 5 amide bonds. The molecule has 15 heteroatoms. The molecule has 1 atom stereocenters. The van der Waals surface area contributed by atoms with Crippen molar-refractivity contribution in [3.63, 3.8) is 0 Å². The molecule has 4 N–H and O–H groups in total. The quantitative estimate of drug-likeness (QED) is 0.276. The normalized spacial score (nSPS) is 17.6. The molecular formula is C23H28N5O8PS. The highest BCUT2D eigenvalue weighted by Crippen LogP contribution is 2.37. The number of fused-ring (bicyclic) bond motifs is 1. The first-order valence-corrected chi connectivity index (χ1v) is 14.0. The Kier molecular flexibility index (Phi) is 7.90. The molecule has 0 bridgehead atoms. The molecule has 204 valence electrons. The van der Waals surface area contributed by atoms with E-state index in [2.05, 4.69) is 15.2 Å². The summed E-state index contributed by atoms with van der Waals surface area (Å²) in [6, 6.07) is 6.06. The smallest absolute Gasteiger partial charge is 0.377 e. The van der Waals surface area contributed by atoms with Crippen LogP contribution in [-0.2, 0) is 31.8 Å². The van der Waals surface area contributed by atoms with Gasteiger partial charge < -0.3 is 30.2 Å². The van der Waals surface area contributed by atoms with Crippen LogP contribution in [0.25, 0.3) is 0 Å². The van der Waals surface area contributed by atoms with Crippen molar-refractivity contribution >= 4 is 54.3 Å². The van der Waals surface area contributed by atoms with Crippen LogP contribution in [0.15, 0.2) is 24.3 Å². The number of nitrogens with one attached hydrogen (secondary N) is 2. The Morgan fingerprint density at radius 3 is 2.63 bits per heavy atom. The van der Waals surface area contributed by atoms with Gasteiger partial charge >= 0.3 is 13.9 Å². The van der Waals surface area contributed by atoms with E-state index >= 15 is 0 Å². The third-order valence-corrected chi connectivity index (χ3v) is 7.86. The van der Waals surface area contributed by atoms with Gasteiger partial charge in [0.15, 0.2) is 0 Å². The van der Waals surface area contributed by atoms with E-state index < -0.39 is 38.4 Å². The number of phosphoric ester groups is 1. The molecule has 0 spiro atoms. The minimum absolute atomic E-state index is 0.0698. The fraction of sp³-hybridized carbons (Fsp3) is 0.391. The Labute approximate surface area is 222 Å².